The minimum Gasteiger partial charge on any atom is -0.480 e. The monoisotopic (exact) mass is 600 g/mol. The van der Waals surface area contributed by atoms with E-state index in [-0.39, 0.29) is 13.2 Å². The third kappa shape index (κ3) is 38.7. The third-order valence-electron chi connectivity index (χ3n) is 4.55. The lowest BCUT2D eigenvalue weighted by Gasteiger charge is -2.09. The van der Waals surface area contributed by atoms with Crippen LogP contribution in [0.25, 0.3) is 0 Å². The van der Waals surface area contributed by atoms with Crippen LogP contribution >= 0.6 is 0 Å². The molecule has 1 N–H and O–H groups in total. The summed E-state index contributed by atoms with van der Waals surface area (Å²) in [6.45, 7) is 14.3. The highest BCUT2D eigenvalue weighted by molar-refractivity contribution is 5.67. The zero-order valence-corrected chi connectivity index (χ0v) is 24.5. The summed E-state index contributed by atoms with van der Waals surface area (Å²) < 4.78 is 64.0. The van der Waals surface area contributed by atoms with Crippen molar-refractivity contribution in [2.75, 3.05) is 159 Å². The molecule has 0 radical (unpaired) electrons. The van der Waals surface area contributed by atoms with E-state index < -0.39 is 5.97 Å². The van der Waals surface area contributed by atoms with Crippen molar-refractivity contribution in [3.05, 3.63) is 12.7 Å². The van der Waals surface area contributed by atoms with Crippen molar-refractivity contribution in [2.45, 2.75) is 0 Å². The molecule has 41 heavy (non-hydrogen) atoms. The SMILES string of the molecule is C=CCOCCOCCOCCOCCOCCOCCOCCOCCOCCOCCOCCOCC(=O)O. The highest BCUT2D eigenvalue weighted by Crippen LogP contribution is 1.87. The van der Waals surface area contributed by atoms with Gasteiger partial charge in [0.1, 0.15) is 6.61 Å². The highest BCUT2D eigenvalue weighted by Gasteiger charge is 1.97. The maximum Gasteiger partial charge on any atom is 0.329 e. The minimum atomic E-state index is -0.996. The van der Waals surface area contributed by atoms with Gasteiger partial charge in [0.15, 0.2) is 0 Å². The van der Waals surface area contributed by atoms with Gasteiger partial charge in [-0.05, 0) is 0 Å². The van der Waals surface area contributed by atoms with Gasteiger partial charge in [-0.2, -0.15) is 0 Å². The van der Waals surface area contributed by atoms with Gasteiger partial charge in [0, 0.05) is 0 Å². The zero-order chi connectivity index (χ0) is 29.7. The van der Waals surface area contributed by atoms with E-state index in [1.165, 1.54) is 0 Å². The van der Waals surface area contributed by atoms with Crippen molar-refractivity contribution in [3.8, 4) is 0 Å². The van der Waals surface area contributed by atoms with Crippen LogP contribution in [0.2, 0.25) is 0 Å². The number of carbonyl (C=O) groups is 1. The molecule has 0 fully saturated rings. The molecule has 0 saturated heterocycles. The van der Waals surface area contributed by atoms with Crippen LogP contribution in [0.3, 0.4) is 0 Å². The van der Waals surface area contributed by atoms with E-state index in [1.807, 2.05) is 0 Å². The molecule has 0 aromatic carbocycles. The molecule has 14 nitrogen and oxygen atoms in total. The lowest BCUT2D eigenvalue weighted by atomic mass is 10.6. The normalized spacial score (nSPS) is 11.3. The molecule has 0 aliphatic heterocycles. The number of aliphatic carboxylic acids is 1. The molecule has 0 aromatic heterocycles. The summed E-state index contributed by atoms with van der Waals surface area (Å²) in [5.74, 6) is -0.996. The van der Waals surface area contributed by atoms with Crippen LogP contribution in [-0.4, -0.2) is 170 Å². The molecule has 0 amide bonds. The van der Waals surface area contributed by atoms with Crippen molar-refractivity contribution >= 4 is 5.97 Å². The van der Waals surface area contributed by atoms with Gasteiger partial charge in [0.2, 0.25) is 0 Å². The van der Waals surface area contributed by atoms with E-state index in [1.54, 1.807) is 6.08 Å². The topological polar surface area (TPSA) is 148 Å². The van der Waals surface area contributed by atoms with Crippen LogP contribution in [0, 0.1) is 0 Å². The fraction of sp³-hybridized carbons (Fsp3) is 0.889. The molecule has 0 atom stereocenters. The van der Waals surface area contributed by atoms with Crippen molar-refractivity contribution in [3.63, 3.8) is 0 Å². The van der Waals surface area contributed by atoms with Gasteiger partial charge < -0.3 is 61.9 Å². The van der Waals surface area contributed by atoms with Crippen molar-refractivity contribution in [1.82, 2.24) is 0 Å². The van der Waals surface area contributed by atoms with Crippen LogP contribution in [0.5, 0.6) is 0 Å². The molecule has 14 heteroatoms. The molecule has 244 valence electrons. The maximum absolute atomic E-state index is 10.3. The molecule has 0 aliphatic carbocycles. The lowest BCUT2D eigenvalue weighted by molar-refractivity contribution is -0.142. The fourth-order valence-electron chi connectivity index (χ4n) is 2.64. The molecule has 0 saturated carbocycles. The molecule has 0 spiro atoms. The van der Waals surface area contributed by atoms with E-state index in [0.29, 0.717) is 145 Å². The molecule has 0 unspecified atom stereocenters. The maximum atomic E-state index is 10.3. The first-order valence-electron chi connectivity index (χ1n) is 14.0. The van der Waals surface area contributed by atoms with E-state index in [4.69, 9.17) is 61.9 Å². The number of hydrogen-bond donors (Lipinski definition) is 1. The summed E-state index contributed by atoms with van der Waals surface area (Å²) in [4.78, 5) is 10.3. The Morgan fingerprint density at radius 3 is 0.780 bits per heavy atom. The van der Waals surface area contributed by atoms with Crippen LogP contribution in [0.4, 0.5) is 0 Å². The Kier molecular flexibility index (Phi) is 35.6. The smallest absolute Gasteiger partial charge is 0.329 e. The Bertz CT molecular complexity index is 526. The van der Waals surface area contributed by atoms with Crippen molar-refractivity contribution in [1.29, 1.82) is 0 Å². The predicted octanol–water partition coefficient (Wildman–Crippen LogP) is 0.456. The fourth-order valence-corrected chi connectivity index (χ4v) is 2.64. The van der Waals surface area contributed by atoms with Gasteiger partial charge in [0.05, 0.1) is 152 Å². The summed E-state index contributed by atoms with van der Waals surface area (Å²) in [7, 11) is 0. The van der Waals surface area contributed by atoms with Crippen LogP contribution < -0.4 is 0 Å². The standard InChI is InChI=1S/C27H52O14/c1-2-3-30-4-5-31-6-7-32-8-9-33-10-11-34-12-13-35-14-15-36-16-17-37-18-19-38-20-21-39-22-23-40-24-25-41-26-27(28)29/h2H,1,3-26H2,(H,28,29). The van der Waals surface area contributed by atoms with Crippen LogP contribution in [0.15, 0.2) is 12.7 Å². The van der Waals surface area contributed by atoms with Gasteiger partial charge >= 0.3 is 5.97 Å². The third-order valence-corrected chi connectivity index (χ3v) is 4.55. The number of carboxylic acids is 1. The van der Waals surface area contributed by atoms with Crippen LogP contribution in [-0.2, 0) is 61.6 Å². The predicted molar refractivity (Wildman–Crippen MR) is 148 cm³/mol. The first-order chi connectivity index (χ1) is 20.3. The van der Waals surface area contributed by atoms with E-state index in [0.717, 1.165) is 0 Å². The van der Waals surface area contributed by atoms with Gasteiger partial charge in [-0.15, -0.1) is 6.58 Å². The second kappa shape index (κ2) is 36.8. The number of ether oxygens (including phenoxy) is 12. The number of hydrogen-bond acceptors (Lipinski definition) is 13. The highest BCUT2D eigenvalue weighted by atomic mass is 16.6. The summed E-state index contributed by atoms with van der Waals surface area (Å²) in [5, 5.41) is 8.41. The molecule has 0 rings (SSSR count). The molecule has 0 heterocycles. The van der Waals surface area contributed by atoms with E-state index >= 15 is 0 Å². The molecule has 0 aromatic rings. The lowest BCUT2D eigenvalue weighted by Crippen LogP contribution is -2.15. The molecule has 0 aliphatic rings. The molecular formula is C27H52O14. The zero-order valence-electron chi connectivity index (χ0n) is 24.5. The summed E-state index contributed by atoms with van der Waals surface area (Å²) >= 11 is 0. The van der Waals surface area contributed by atoms with Gasteiger partial charge in [-0.25, -0.2) is 4.79 Å². The summed E-state index contributed by atoms with van der Waals surface area (Å²) in [6.07, 6.45) is 1.71. The molecular weight excluding hydrogens is 548 g/mol. The number of rotatable bonds is 37. The first-order valence-corrected chi connectivity index (χ1v) is 14.0. The van der Waals surface area contributed by atoms with Crippen molar-refractivity contribution < 1.29 is 66.7 Å². The van der Waals surface area contributed by atoms with Gasteiger partial charge in [-0.1, -0.05) is 6.08 Å². The second-order valence-corrected chi connectivity index (χ2v) is 7.93. The Morgan fingerprint density at radius 2 is 0.585 bits per heavy atom. The molecule has 0 bridgehead atoms. The summed E-state index contributed by atoms with van der Waals surface area (Å²) in [5.41, 5.74) is 0. The average Bonchev–Trinajstić information content (AvgIpc) is 2.97. The van der Waals surface area contributed by atoms with E-state index in [9.17, 15) is 4.79 Å². The largest absolute Gasteiger partial charge is 0.480 e. The Hall–Kier alpha value is -1.27. The quantitative estimate of drug-likeness (QED) is 0.0777. The van der Waals surface area contributed by atoms with Gasteiger partial charge in [0.25, 0.3) is 0 Å². The Balaban J connectivity index is 3.03. The first kappa shape index (κ1) is 39.7. The van der Waals surface area contributed by atoms with Crippen molar-refractivity contribution in [2.24, 2.45) is 0 Å². The minimum absolute atomic E-state index is 0.242. The van der Waals surface area contributed by atoms with Crippen LogP contribution in [0.1, 0.15) is 0 Å². The van der Waals surface area contributed by atoms with E-state index in [2.05, 4.69) is 6.58 Å². The Labute approximate surface area is 244 Å². The second-order valence-electron chi connectivity index (χ2n) is 7.93. The summed E-state index contributed by atoms with van der Waals surface area (Å²) in [6, 6.07) is 0. The average molecular weight is 601 g/mol. The van der Waals surface area contributed by atoms with Gasteiger partial charge in [-0.3, -0.25) is 0 Å². The Morgan fingerprint density at radius 1 is 0.390 bits per heavy atom. The number of carboxylic acid groups (broad SMARTS) is 1.